The number of aryl methyl sites for hydroxylation is 1. The molecule has 0 aliphatic carbocycles. The SMILES string of the molecule is COc1ccc([C@H]2CCCN2C(=O)c2cc(-c3ccc(F)cc3)n(C)n2)cc1OC. The largest absolute Gasteiger partial charge is 0.493 e. The van der Waals surface area contributed by atoms with Crippen molar-refractivity contribution in [2.24, 2.45) is 7.05 Å². The fraction of sp³-hybridized carbons (Fsp3) is 0.304. The summed E-state index contributed by atoms with van der Waals surface area (Å²) in [4.78, 5) is 15.2. The van der Waals surface area contributed by atoms with Crippen molar-refractivity contribution in [2.75, 3.05) is 20.8 Å². The van der Waals surface area contributed by atoms with Crippen LogP contribution in [-0.4, -0.2) is 41.4 Å². The van der Waals surface area contributed by atoms with E-state index in [1.165, 1.54) is 12.1 Å². The van der Waals surface area contributed by atoms with Gasteiger partial charge in [-0.3, -0.25) is 9.48 Å². The van der Waals surface area contributed by atoms with Gasteiger partial charge in [-0.15, -0.1) is 0 Å². The lowest BCUT2D eigenvalue weighted by atomic mass is 10.0. The van der Waals surface area contributed by atoms with E-state index in [1.807, 2.05) is 23.1 Å². The average Bonchev–Trinajstić information content (AvgIpc) is 3.40. The van der Waals surface area contributed by atoms with Crippen LogP contribution in [0.4, 0.5) is 4.39 Å². The number of carbonyl (C=O) groups is 1. The minimum absolute atomic E-state index is 0.0476. The fourth-order valence-electron chi connectivity index (χ4n) is 4.03. The molecule has 1 amide bonds. The quantitative estimate of drug-likeness (QED) is 0.633. The zero-order chi connectivity index (χ0) is 21.3. The molecule has 1 atom stereocenters. The molecule has 2 heterocycles. The second kappa shape index (κ2) is 8.18. The highest BCUT2D eigenvalue weighted by Gasteiger charge is 2.32. The first-order valence-electron chi connectivity index (χ1n) is 9.84. The summed E-state index contributed by atoms with van der Waals surface area (Å²) < 4.78 is 25.6. The average molecular weight is 409 g/mol. The van der Waals surface area contributed by atoms with Gasteiger partial charge in [0.25, 0.3) is 5.91 Å². The van der Waals surface area contributed by atoms with Crippen molar-refractivity contribution in [3.63, 3.8) is 0 Å². The minimum atomic E-state index is -0.299. The third-order valence-corrected chi connectivity index (χ3v) is 5.54. The van der Waals surface area contributed by atoms with Gasteiger partial charge in [-0.2, -0.15) is 5.10 Å². The standard InChI is InChI=1S/C23H24FN3O3/c1-26-20(15-6-9-17(24)10-7-15)14-18(25-26)23(28)27-12-4-5-19(27)16-8-11-21(29-2)22(13-16)30-3/h6-11,13-14,19H,4-5,12H2,1-3H3/t19-/m1/s1. The molecule has 0 radical (unpaired) electrons. The van der Waals surface area contributed by atoms with Gasteiger partial charge in [0.05, 0.1) is 26.0 Å². The number of benzene rings is 2. The van der Waals surface area contributed by atoms with E-state index in [-0.39, 0.29) is 17.8 Å². The van der Waals surface area contributed by atoms with Crippen LogP contribution in [0.15, 0.2) is 48.5 Å². The van der Waals surface area contributed by atoms with Crippen LogP contribution in [0.2, 0.25) is 0 Å². The number of nitrogens with zero attached hydrogens (tertiary/aromatic N) is 3. The summed E-state index contributed by atoms with van der Waals surface area (Å²) in [5, 5.41) is 4.43. The molecule has 0 unspecified atom stereocenters. The normalized spacial score (nSPS) is 16.0. The highest BCUT2D eigenvalue weighted by Crippen LogP contribution is 2.37. The molecule has 1 fully saturated rings. The van der Waals surface area contributed by atoms with Crippen molar-refractivity contribution in [1.29, 1.82) is 0 Å². The lowest BCUT2D eigenvalue weighted by Crippen LogP contribution is -2.31. The first-order chi connectivity index (χ1) is 14.5. The van der Waals surface area contributed by atoms with Gasteiger partial charge in [0.15, 0.2) is 17.2 Å². The molecule has 2 aromatic carbocycles. The molecular weight excluding hydrogens is 385 g/mol. The van der Waals surface area contributed by atoms with E-state index in [0.29, 0.717) is 23.7 Å². The van der Waals surface area contributed by atoms with Gasteiger partial charge in [-0.25, -0.2) is 4.39 Å². The van der Waals surface area contributed by atoms with Crippen molar-refractivity contribution in [1.82, 2.24) is 14.7 Å². The first kappa shape index (κ1) is 19.9. The Balaban J connectivity index is 1.61. The molecule has 0 saturated carbocycles. The molecule has 3 aromatic rings. The summed E-state index contributed by atoms with van der Waals surface area (Å²) in [7, 11) is 4.98. The zero-order valence-electron chi connectivity index (χ0n) is 17.3. The van der Waals surface area contributed by atoms with E-state index in [2.05, 4.69) is 5.10 Å². The number of carbonyl (C=O) groups excluding carboxylic acids is 1. The molecule has 4 rings (SSSR count). The second-order valence-corrected chi connectivity index (χ2v) is 7.32. The molecule has 1 saturated heterocycles. The van der Waals surface area contributed by atoms with Crippen molar-refractivity contribution >= 4 is 5.91 Å². The maximum atomic E-state index is 13.3. The van der Waals surface area contributed by atoms with Crippen molar-refractivity contribution in [2.45, 2.75) is 18.9 Å². The molecule has 6 nitrogen and oxygen atoms in total. The molecular formula is C23H24FN3O3. The topological polar surface area (TPSA) is 56.6 Å². The van der Waals surface area contributed by atoms with Gasteiger partial charge in [0.2, 0.25) is 0 Å². The van der Waals surface area contributed by atoms with E-state index in [1.54, 1.807) is 44.1 Å². The lowest BCUT2D eigenvalue weighted by molar-refractivity contribution is 0.0728. The van der Waals surface area contributed by atoms with Gasteiger partial charge < -0.3 is 14.4 Å². The Morgan fingerprint density at radius 3 is 2.50 bits per heavy atom. The first-order valence-corrected chi connectivity index (χ1v) is 9.84. The van der Waals surface area contributed by atoms with Crippen LogP contribution in [0, 0.1) is 5.82 Å². The van der Waals surface area contributed by atoms with E-state index in [0.717, 1.165) is 29.7 Å². The zero-order valence-corrected chi connectivity index (χ0v) is 17.3. The molecule has 0 bridgehead atoms. The van der Waals surface area contributed by atoms with Crippen molar-refractivity contribution in [3.8, 4) is 22.8 Å². The summed E-state index contributed by atoms with van der Waals surface area (Å²) in [6.07, 6.45) is 1.79. The van der Waals surface area contributed by atoms with Gasteiger partial charge in [-0.1, -0.05) is 6.07 Å². The Morgan fingerprint density at radius 1 is 1.07 bits per heavy atom. The van der Waals surface area contributed by atoms with Crippen molar-refractivity contribution < 1.29 is 18.7 Å². The van der Waals surface area contributed by atoms with Crippen LogP contribution in [0.1, 0.15) is 34.9 Å². The summed E-state index contributed by atoms with van der Waals surface area (Å²) in [6, 6.07) is 13.6. The Hall–Kier alpha value is -3.35. The minimum Gasteiger partial charge on any atom is -0.493 e. The number of aromatic nitrogens is 2. The highest BCUT2D eigenvalue weighted by atomic mass is 19.1. The van der Waals surface area contributed by atoms with E-state index < -0.39 is 0 Å². The third kappa shape index (κ3) is 3.63. The Kier molecular flexibility index (Phi) is 5.44. The molecule has 7 heteroatoms. The van der Waals surface area contributed by atoms with Crippen LogP contribution in [0.25, 0.3) is 11.3 Å². The molecule has 0 N–H and O–H groups in total. The van der Waals surface area contributed by atoms with Crippen LogP contribution >= 0.6 is 0 Å². The van der Waals surface area contributed by atoms with Crippen molar-refractivity contribution in [3.05, 3.63) is 65.6 Å². The molecule has 1 aliphatic heterocycles. The van der Waals surface area contributed by atoms with E-state index >= 15 is 0 Å². The molecule has 30 heavy (non-hydrogen) atoms. The Morgan fingerprint density at radius 2 is 1.80 bits per heavy atom. The van der Waals surface area contributed by atoms with Gasteiger partial charge in [0, 0.05) is 13.6 Å². The Labute approximate surface area is 174 Å². The predicted octanol–water partition coefficient (Wildman–Crippen LogP) is 4.22. The Bertz CT molecular complexity index is 1060. The maximum Gasteiger partial charge on any atom is 0.274 e. The van der Waals surface area contributed by atoms with Gasteiger partial charge in [0.1, 0.15) is 5.82 Å². The number of halogens is 1. The van der Waals surface area contributed by atoms with Gasteiger partial charge >= 0.3 is 0 Å². The second-order valence-electron chi connectivity index (χ2n) is 7.32. The summed E-state index contributed by atoms with van der Waals surface area (Å²) >= 11 is 0. The number of ether oxygens (including phenoxy) is 2. The predicted molar refractivity (Wildman–Crippen MR) is 111 cm³/mol. The molecule has 1 aromatic heterocycles. The van der Waals surface area contributed by atoms with Gasteiger partial charge in [-0.05, 0) is 66.4 Å². The monoisotopic (exact) mass is 409 g/mol. The van der Waals surface area contributed by atoms with Crippen LogP contribution in [0.5, 0.6) is 11.5 Å². The fourth-order valence-corrected chi connectivity index (χ4v) is 4.03. The molecule has 0 spiro atoms. The van der Waals surface area contributed by atoms with E-state index in [4.69, 9.17) is 9.47 Å². The summed E-state index contributed by atoms with van der Waals surface area (Å²) in [6.45, 7) is 0.667. The summed E-state index contributed by atoms with van der Waals surface area (Å²) in [5.74, 6) is 0.889. The number of amides is 1. The maximum absolute atomic E-state index is 13.3. The number of hydrogen-bond donors (Lipinski definition) is 0. The third-order valence-electron chi connectivity index (χ3n) is 5.54. The number of hydrogen-bond acceptors (Lipinski definition) is 4. The number of rotatable bonds is 5. The van der Waals surface area contributed by atoms with E-state index in [9.17, 15) is 9.18 Å². The number of likely N-dealkylation sites (tertiary alicyclic amines) is 1. The van der Waals surface area contributed by atoms with Crippen LogP contribution in [0.3, 0.4) is 0 Å². The smallest absolute Gasteiger partial charge is 0.274 e. The molecule has 1 aliphatic rings. The molecule has 156 valence electrons. The van der Waals surface area contributed by atoms with Crippen LogP contribution < -0.4 is 9.47 Å². The number of methoxy groups -OCH3 is 2. The lowest BCUT2D eigenvalue weighted by Gasteiger charge is -2.25. The highest BCUT2D eigenvalue weighted by molar-refractivity contribution is 5.94. The summed E-state index contributed by atoms with van der Waals surface area (Å²) in [5.41, 5.74) is 2.96. The van der Waals surface area contributed by atoms with Crippen LogP contribution in [-0.2, 0) is 7.05 Å².